The molecule has 1 atom stereocenters. The third-order valence-corrected chi connectivity index (χ3v) is 3.96. The third kappa shape index (κ3) is 4.45. The summed E-state index contributed by atoms with van der Waals surface area (Å²) < 4.78 is 39.2. The first-order valence-corrected chi connectivity index (χ1v) is 7.59. The molecule has 118 valence electrons. The molecule has 1 aromatic rings. The monoisotopic (exact) mass is 300 g/mol. The van der Waals surface area contributed by atoms with E-state index in [1.807, 2.05) is 0 Å². The van der Waals surface area contributed by atoms with Crippen molar-refractivity contribution in [1.82, 2.24) is 4.90 Å². The highest BCUT2D eigenvalue weighted by Gasteiger charge is 2.35. The molecule has 0 heterocycles. The molecule has 0 saturated heterocycles. The lowest BCUT2D eigenvalue weighted by Crippen LogP contribution is -2.35. The Hall–Kier alpha value is -1.07. The van der Waals surface area contributed by atoms with Crippen molar-refractivity contribution in [2.45, 2.75) is 50.9 Å². The van der Waals surface area contributed by atoms with Gasteiger partial charge in [0.1, 0.15) is 0 Å². The Morgan fingerprint density at radius 3 is 2.52 bits per heavy atom. The average molecular weight is 300 g/mol. The van der Waals surface area contributed by atoms with Crippen LogP contribution in [0.15, 0.2) is 24.3 Å². The van der Waals surface area contributed by atoms with Gasteiger partial charge in [0.15, 0.2) is 0 Å². The Kier molecular flexibility index (Phi) is 5.27. The third-order valence-electron chi connectivity index (χ3n) is 3.96. The second-order valence-corrected chi connectivity index (χ2v) is 5.77. The number of alkyl halides is 3. The first-order valence-electron chi connectivity index (χ1n) is 7.59. The summed E-state index contributed by atoms with van der Waals surface area (Å²) in [5.74, 6) is 0. The van der Waals surface area contributed by atoms with Crippen LogP contribution >= 0.6 is 0 Å². The van der Waals surface area contributed by atoms with Crippen molar-refractivity contribution in [3.8, 4) is 0 Å². The van der Waals surface area contributed by atoms with E-state index in [-0.39, 0.29) is 5.56 Å². The minimum absolute atomic E-state index is 0.201. The zero-order chi connectivity index (χ0) is 15.5. The van der Waals surface area contributed by atoms with E-state index in [0.717, 1.165) is 38.3 Å². The van der Waals surface area contributed by atoms with Crippen LogP contribution < -0.4 is 5.73 Å². The van der Waals surface area contributed by atoms with Gasteiger partial charge in [0, 0.05) is 18.6 Å². The van der Waals surface area contributed by atoms with E-state index in [2.05, 4.69) is 11.8 Å². The molecule has 21 heavy (non-hydrogen) atoms. The van der Waals surface area contributed by atoms with Gasteiger partial charge in [-0.05, 0) is 37.4 Å². The standard InChI is InChI=1S/C16H23F3N2/c1-2-3-10-21(12-8-9-12)11-15(20)13-6-4-5-7-14(13)16(17,18)19/h4-7,12,15H,2-3,8-11,20H2,1H3. The number of unbranched alkanes of at least 4 members (excludes halogenated alkanes) is 1. The molecule has 0 radical (unpaired) electrons. The maximum absolute atomic E-state index is 13.1. The molecule has 1 unspecified atom stereocenters. The van der Waals surface area contributed by atoms with Crippen LogP contribution in [0.1, 0.15) is 49.8 Å². The fraction of sp³-hybridized carbons (Fsp3) is 0.625. The number of hydrogen-bond donors (Lipinski definition) is 1. The highest BCUT2D eigenvalue weighted by atomic mass is 19.4. The van der Waals surface area contributed by atoms with Gasteiger partial charge in [-0.3, -0.25) is 4.90 Å². The number of halogens is 3. The van der Waals surface area contributed by atoms with E-state index in [1.54, 1.807) is 6.07 Å². The molecule has 0 amide bonds. The van der Waals surface area contributed by atoms with E-state index in [4.69, 9.17) is 5.73 Å². The lowest BCUT2D eigenvalue weighted by Gasteiger charge is -2.27. The van der Waals surface area contributed by atoms with E-state index in [0.29, 0.717) is 12.6 Å². The number of benzene rings is 1. The Bertz CT molecular complexity index is 455. The van der Waals surface area contributed by atoms with Crippen molar-refractivity contribution in [3.05, 3.63) is 35.4 Å². The predicted octanol–water partition coefficient (Wildman–Crippen LogP) is 3.97. The van der Waals surface area contributed by atoms with Crippen molar-refractivity contribution in [1.29, 1.82) is 0 Å². The number of nitrogens with zero attached hydrogens (tertiary/aromatic N) is 1. The molecule has 1 saturated carbocycles. The molecule has 2 N–H and O–H groups in total. The average Bonchev–Trinajstić information content (AvgIpc) is 3.26. The van der Waals surface area contributed by atoms with E-state index < -0.39 is 17.8 Å². The fourth-order valence-electron chi connectivity index (χ4n) is 2.65. The Balaban J connectivity index is 2.10. The topological polar surface area (TPSA) is 29.3 Å². The first kappa shape index (κ1) is 16.3. The van der Waals surface area contributed by atoms with Crippen LogP contribution in [0, 0.1) is 0 Å². The lowest BCUT2D eigenvalue weighted by atomic mass is 10.00. The summed E-state index contributed by atoms with van der Waals surface area (Å²) in [6.45, 7) is 3.53. The summed E-state index contributed by atoms with van der Waals surface area (Å²) in [5, 5.41) is 0. The SMILES string of the molecule is CCCCN(CC(N)c1ccccc1C(F)(F)F)C1CC1. The molecule has 2 rings (SSSR count). The molecular weight excluding hydrogens is 277 g/mol. The van der Waals surface area contributed by atoms with Crippen molar-refractivity contribution in [3.63, 3.8) is 0 Å². The lowest BCUT2D eigenvalue weighted by molar-refractivity contribution is -0.138. The summed E-state index contributed by atoms with van der Waals surface area (Å²) >= 11 is 0. The van der Waals surface area contributed by atoms with E-state index in [1.165, 1.54) is 12.1 Å². The van der Waals surface area contributed by atoms with Crippen LogP contribution in [-0.4, -0.2) is 24.0 Å². The molecule has 0 bridgehead atoms. The van der Waals surface area contributed by atoms with Crippen molar-refractivity contribution in [2.75, 3.05) is 13.1 Å². The smallest absolute Gasteiger partial charge is 0.323 e. The first-order chi connectivity index (χ1) is 9.93. The highest BCUT2D eigenvalue weighted by molar-refractivity contribution is 5.32. The maximum Gasteiger partial charge on any atom is 0.416 e. The fourth-order valence-corrected chi connectivity index (χ4v) is 2.65. The summed E-state index contributed by atoms with van der Waals surface area (Å²) in [5.41, 5.74) is 5.68. The minimum Gasteiger partial charge on any atom is -0.323 e. The largest absolute Gasteiger partial charge is 0.416 e. The maximum atomic E-state index is 13.1. The van der Waals surface area contributed by atoms with E-state index in [9.17, 15) is 13.2 Å². The molecule has 1 fully saturated rings. The van der Waals surface area contributed by atoms with Gasteiger partial charge in [-0.2, -0.15) is 13.2 Å². The molecule has 0 spiro atoms. The summed E-state index contributed by atoms with van der Waals surface area (Å²) in [6.07, 6.45) is 0.0679. The molecule has 0 aliphatic heterocycles. The Morgan fingerprint density at radius 1 is 1.29 bits per heavy atom. The van der Waals surface area contributed by atoms with Gasteiger partial charge in [-0.1, -0.05) is 31.5 Å². The molecule has 1 aromatic carbocycles. The normalized spacial score (nSPS) is 17.2. The zero-order valence-corrected chi connectivity index (χ0v) is 12.4. The zero-order valence-electron chi connectivity index (χ0n) is 12.4. The van der Waals surface area contributed by atoms with Crippen LogP contribution in [0.25, 0.3) is 0 Å². The van der Waals surface area contributed by atoms with Gasteiger partial charge in [0.2, 0.25) is 0 Å². The molecule has 1 aliphatic rings. The number of hydrogen-bond acceptors (Lipinski definition) is 2. The van der Waals surface area contributed by atoms with Gasteiger partial charge in [-0.15, -0.1) is 0 Å². The second-order valence-electron chi connectivity index (χ2n) is 5.77. The molecule has 1 aliphatic carbocycles. The summed E-state index contributed by atoms with van der Waals surface area (Å²) in [4.78, 5) is 2.25. The van der Waals surface area contributed by atoms with Gasteiger partial charge < -0.3 is 5.73 Å². The Morgan fingerprint density at radius 2 is 1.95 bits per heavy atom. The van der Waals surface area contributed by atoms with Crippen molar-refractivity contribution < 1.29 is 13.2 Å². The summed E-state index contributed by atoms with van der Waals surface area (Å²) in [7, 11) is 0. The number of nitrogens with two attached hydrogens (primary N) is 1. The quantitative estimate of drug-likeness (QED) is 0.825. The van der Waals surface area contributed by atoms with Crippen LogP contribution in [0.4, 0.5) is 13.2 Å². The molecular formula is C16H23F3N2. The van der Waals surface area contributed by atoms with Crippen molar-refractivity contribution in [2.24, 2.45) is 5.73 Å². The summed E-state index contributed by atoms with van der Waals surface area (Å²) in [6, 6.07) is 5.56. The van der Waals surface area contributed by atoms with E-state index >= 15 is 0 Å². The minimum atomic E-state index is -4.35. The second kappa shape index (κ2) is 6.79. The number of rotatable bonds is 7. The van der Waals surface area contributed by atoms with Gasteiger partial charge in [-0.25, -0.2) is 0 Å². The van der Waals surface area contributed by atoms with Crippen molar-refractivity contribution >= 4 is 0 Å². The van der Waals surface area contributed by atoms with Crippen LogP contribution in [0.5, 0.6) is 0 Å². The molecule has 5 heteroatoms. The van der Waals surface area contributed by atoms with Crippen LogP contribution in [0.2, 0.25) is 0 Å². The van der Waals surface area contributed by atoms with Gasteiger partial charge >= 0.3 is 6.18 Å². The molecule has 2 nitrogen and oxygen atoms in total. The Labute approximate surface area is 124 Å². The highest BCUT2D eigenvalue weighted by Crippen LogP contribution is 2.35. The van der Waals surface area contributed by atoms with Crippen LogP contribution in [0.3, 0.4) is 0 Å². The van der Waals surface area contributed by atoms with Crippen LogP contribution in [-0.2, 0) is 6.18 Å². The van der Waals surface area contributed by atoms with Gasteiger partial charge in [0.25, 0.3) is 0 Å². The predicted molar refractivity (Wildman–Crippen MR) is 77.9 cm³/mol. The molecule has 0 aromatic heterocycles. The van der Waals surface area contributed by atoms with Gasteiger partial charge in [0.05, 0.1) is 5.56 Å².